The Kier molecular flexibility index (Phi) is 6.17. The van der Waals surface area contributed by atoms with Crippen LogP contribution >= 0.6 is 0 Å². The van der Waals surface area contributed by atoms with E-state index in [1.807, 2.05) is 12.1 Å². The summed E-state index contributed by atoms with van der Waals surface area (Å²) in [5.74, 6) is -0.364. The van der Waals surface area contributed by atoms with Crippen LogP contribution in [0.3, 0.4) is 0 Å². The van der Waals surface area contributed by atoms with E-state index in [9.17, 15) is 13.2 Å². The molecule has 25 heavy (non-hydrogen) atoms. The Morgan fingerprint density at radius 3 is 2.24 bits per heavy atom. The molecule has 0 fully saturated rings. The predicted molar refractivity (Wildman–Crippen MR) is 99.4 cm³/mol. The number of amides is 1. The zero-order chi connectivity index (χ0) is 18.4. The molecule has 0 aromatic heterocycles. The summed E-state index contributed by atoms with van der Waals surface area (Å²) in [6.45, 7) is 3.79. The van der Waals surface area contributed by atoms with E-state index < -0.39 is 10.0 Å². The first-order valence-electron chi connectivity index (χ1n) is 7.97. The van der Waals surface area contributed by atoms with E-state index in [1.54, 1.807) is 50.2 Å². The van der Waals surface area contributed by atoms with Gasteiger partial charge in [0.05, 0.1) is 5.75 Å². The molecule has 0 heterocycles. The maximum absolute atomic E-state index is 12.2. The lowest BCUT2D eigenvalue weighted by Gasteiger charge is -2.13. The van der Waals surface area contributed by atoms with E-state index in [0.717, 1.165) is 5.56 Å². The zero-order valence-corrected chi connectivity index (χ0v) is 15.1. The summed E-state index contributed by atoms with van der Waals surface area (Å²) in [4.78, 5) is 12.2. The third-order valence-electron chi connectivity index (χ3n) is 3.49. The predicted octanol–water partition coefficient (Wildman–Crippen LogP) is 2.03. The van der Waals surface area contributed by atoms with Crippen LogP contribution in [0.4, 0.5) is 5.69 Å². The van der Waals surface area contributed by atoms with Gasteiger partial charge in [0.15, 0.2) is 0 Å². The number of nitrogens with two attached hydrogens (primary N) is 1. The van der Waals surface area contributed by atoms with Gasteiger partial charge in [0.25, 0.3) is 5.91 Å². The maximum atomic E-state index is 12.2. The van der Waals surface area contributed by atoms with Crippen molar-refractivity contribution in [3.05, 3.63) is 65.2 Å². The second-order valence-corrected chi connectivity index (χ2v) is 7.86. The average molecular weight is 361 g/mol. The summed E-state index contributed by atoms with van der Waals surface area (Å²) >= 11 is 0. The average Bonchev–Trinajstić information content (AvgIpc) is 2.52. The second kappa shape index (κ2) is 8.13. The van der Waals surface area contributed by atoms with Gasteiger partial charge in [-0.3, -0.25) is 4.79 Å². The minimum Gasteiger partial charge on any atom is -0.399 e. The van der Waals surface area contributed by atoms with Gasteiger partial charge in [0, 0.05) is 23.8 Å². The molecule has 0 aliphatic heterocycles. The molecular formula is C18H23N3O3S. The van der Waals surface area contributed by atoms with Gasteiger partial charge in [0.2, 0.25) is 10.0 Å². The Labute approximate surface area is 148 Å². The van der Waals surface area contributed by atoms with Crippen molar-refractivity contribution in [2.24, 2.45) is 0 Å². The van der Waals surface area contributed by atoms with Crippen molar-refractivity contribution >= 4 is 21.6 Å². The van der Waals surface area contributed by atoms with Gasteiger partial charge in [-0.1, -0.05) is 24.3 Å². The summed E-state index contributed by atoms with van der Waals surface area (Å²) in [6, 6.07) is 13.6. The molecule has 134 valence electrons. The van der Waals surface area contributed by atoms with Crippen molar-refractivity contribution < 1.29 is 13.2 Å². The monoisotopic (exact) mass is 361 g/mol. The summed E-state index contributed by atoms with van der Waals surface area (Å²) in [5, 5.41) is 2.81. The fourth-order valence-electron chi connectivity index (χ4n) is 2.39. The topological polar surface area (TPSA) is 101 Å². The number of sulfonamides is 1. The molecule has 0 aliphatic rings. The van der Waals surface area contributed by atoms with Crippen LogP contribution in [0.5, 0.6) is 0 Å². The molecule has 2 aromatic carbocycles. The molecule has 1 amide bonds. The van der Waals surface area contributed by atoms with Crippen LogP contribution in [0.15, 0.2) is 48.5 Å². The molecule has 0 spiro atoms. The number of rotatable bonds is 7. The Bertz CT molecular complexity index is 831. The molecule has 0 saturated carbocycles. The van der Waals surface area contributed by atoms with Gasteiger partial charge in [-0.15, -0.1) is 0 Å². The normalized spacial score (nSPS) is 11.5. The molecule has 4 N–H and O–H groups in total. The van der Waals surface area contributed by atoms with Gasteiger partial charge in [0.1, 0.15) is 0 Å². The largest absolute Gasteiger partial charge is 0.399 e. The van der Waals surface area contributed by atoms with E-state index in [4.69, 9.17) is 5.73 Å². The molecule has 0 radical (unpaired) electrons. The highest BCUT2D eigenvalue weighted by atomic mass is 32.2. The fraction of sp³-hybridized carbons (Fsp3) is 0.278. The summed E-state index contributed by atoms with van der Waals surface area (Å²) in [7, 11) is -3.43. The van der Waals surface area contributed by atoms with E-state index >= 15 is 0 Å². The number of hydrogen-bond donors (Lipinski definition) is 3. The first kappa shape index (κ1) is 19.0. The van der Waals surface area contributed by atoms with Crippen molar-refractivity contribution in [1.29, 1.82) is 0 Å². The Morgan fingerprint density at radius 1 is 1.04 bits per heavy atom. The van der Waals surface area contributed by atoms with E-state index in [-0.39, 0.29) is 24.2 Å². The van der Waals surface area contributed by atoms with Crippen molar-refractivity contribution in [3.8, 4) is 0 Å². The van der Waals surface area contributed by atoms with E-state index in [1.165, 1.54) is 0 Å². The van der Waals surface area contributed by atoms with Crippen molar-refractivity contribution in [1.82, 2.24) is 10.0 Å². The molecule has 2 aromatic rings. The van der Waals surface area contributed by atoms with E-state index in [2.05, 4.69) is 10.0 Å². The van der Waals surface area contributed by atoms with E-state index in [0.29, 0.717) is 16.8 Å². The molecule has 7 heteroatoms. The molecule has 0 unspecified atom stereocenters. The minimum absolute atomic E-state index is 0.126. The maximum Gasteiger partial charge on any atom is 0.251 e. The van der Waals surface area contributed by atoms with Crippen LogP contribution in [0.1, 0.15) is 35.3 Å². The minimum atomic E-state index is -3.43. The SMILES string of the molecule is CC(C)NS(=O)(=O)Cc1ccccc1CNC(=O)c1ccc(N)cc1. The Hall–Kier alpha value is -2.38. The molecule has 0 atom stereocenters. The van der Waals surface area contributed by atoms with Gasteiger partial charge in [-0.25, -0.2) is 13.1 Å². The lowest BCUT2D eigenvalue weighted by Crippen LogP contribution is -2.31. The standard InChI is InChI=1S/C18H23N3O3S/c1-13(2)21-25(23,24)12-16-6-4-3-5-15(16)11-20-18(22)14-7-9-17(19)10-8-14/h3-10,13,21H,11-12,19H2,1-2H3,(H,20,22). The number of anilines is 1. The number of hydrogen-bond acceptors (Lipinski definition) is 4. The third-order valence-corrected chi connectivity index (χ3v) is 5.01. The second-order valence-electron chi connectivity index (χ2n) is 6.11. The quantitative estimate of drug-likeness (QED) is 0.657. The van der Waals surface area contributed by atoms with Crippen LogP contribution in [0, 0.1) is 0 Å². The first-order chi connectivity index (χ1) is 11.8. The molecule has 0 saturated heterocycles. The highest BCUT2D eigenvalue weighted by Gasteiger charge is 2.15. The smallest absolute Gasteiger partial charge is 0.251 e. The van der Waals surface area contributed by atoms with Crippen LogP contribution in [-0.4, -0.2) is 20.4 Å². The highest BCUT2D eigenvalue weighted by molar-refractivity contribution is 7.88. The van der Waals surface area contributed by atoms with Crippen molar-refractivity contribution in [2.45, 2.75) is 32.2 Å². The summed E-state index contributed by atoms with van der Waals surface area (Å²) in [6.07, 6.45) is 0. The number of benzene rings is 2. The van der Waals surface area contributed by atoms with Gasteiger partial charge >= 0.3 is 0 Å². The van der Waals surface area contributed by atoms with Gasteiger partial charge in [-0.2, -0.15) is 0 Å². The first-order valence-corrected chi connectivity index (χ1v) is 9.62. The number of nitrogen functional groups attached to an aromatic ring is 1. The Morgan fingerprint density at radius 2 is 1.64 bits per heavy atom. The Balaban J connectivity index is 2.08. The third kappa shape index (κ3) is 5.88. The molecule has 2 rings (SSSR count). The van der Waals surface area contributed by atoms with Crippen LogP contribution in [0.2, 0.25) is 0 Å². The molecule has 0 bridgehead atoms. The van der Waals surface area contributed by atoms with Gasteiger partial charge in [-0.05, 0) is 49.2 Å². The van der Waals surface area contributed by atoms with Crippen LogP contribution in [-0.2, 0) is 22.3 Å². The molecule has 6 nitrogen and oxygen atoms in total. The van der Waals surface area contributed by atoms with Crippen LogP contribution in [0.25, 0.3) is 0 Å². The van der Waals surface area contributed by atoms with Crippen LogP contribution < -0.4 is 15.8 Å². The van der Waals surface area contributed by atoms with Crippen molar-refractivity contribution in [2.75, 3.05) is 5.73 Å². The summed E-state index contributed by atoms with van der Waals surface area (Å²) < 4.78 is 26.9. The lowest BCUT2D eigenvalue weighted by molar-refractivity contribution is 0.0951. The zero-order valence-electron chi connectivity index (χ0n) is 14.3. The number of carbonyl (C=O) groups is 1. The highest BCUT2D eigenvalue weighted by Crippen LogP contribution is 2.13. The number of nitrogens with one attached hydrogen (secondary N) is 2. The lowest BCUT2D eigenvalue weighted by atomic mass is 10.1. The van der Waals surface area contributed by atoms with Gasteiger partial charge < -0.3 is 11.1 Å². The molecule has 0 aliphatic carbocycles. The fourth-order valence-corrected chi connectivity index (χ4v) is 3.88. The van der Waals surface area contributed by atoms with Crippen molar-refractivity contribution in [3.63, 3.8) is 0 Å². The molecular weight excluding hydrogens is 338 g/mol. The number of carbonyl (C=O) groups excluding carboxylic acids is 1. The summed E-state index contributed by atoms with van der Waals surface area (Å²) in [5.41, 5.74) is 8.12.